The van der Waals surface area contributed by atoms with E-state index in [4.69, 9.17) is 11.6 Å². The van der Waals surface area contributed by atoms with Crippen molar-refractivity contribution in [1.82, 2.24) is 9.19 Å². The predicted octanol–water partition coefficient (Wildman–Crippen LogP) is 6.36. The standard InChI is InChI=1S/C23H14ClF6N3O3S/c24-18-3-1-2-17(23(28,29)30)20(18)21(34)32-16-9-6-14-11-31-33(19(14)10-16)37(35,36)12-13-4-7-15(8-5-13)22(25,26)27/h1-11H,12H2,(H,32,34). The third kappa shape index (κ3) is 5.57. The largest absolute Gasteiger partial charge is 0.417 e. The van der Waals surface area contributed by atoms with E-state index in [0.717, 1.165) is 36.4 Å². The number of alkyl halides is 6. The SMILES string of the molecule is O=C(Nc1ccc2cnn(S(=O)(=O)Cc3ccc(C(F)(F)F)cc3)c2c1)c1c(Cl)cccc1C(F)(F)F. The fourth-order valence-corrected chi connectivity index (χ4v) is 5.19. The number of nitrogens with zero attached hydrogens (tertiary/aromatic N) is 2. The van der Waals surface area contributed by atoms with Gasteiger partial charge in [-0.15, -0.1) is 0 Å². The van der Waals surface area contributed by atoms with E-state index in [0.29, 0.717) is 15.5 Å². The zero-order chi connectivity index (χ0) is 27.2. The highest BCUT2D eigenvalue weighted by molar-refractivity contribution is 7.89. The zero-order valence-electron chi connectivity index (χ0n) is 18.2. The number of carbonyl (C=O) groups is 1. The highest BCUT2D eigenvalue weighted by Crippen LogP contribution is 2.35. The van der Waals surface area contributed by atoms with Crippen molar-refractivity contribution in [2.45, 2.75) is 18.1 Å². The molecule has 0 atom stereocenters. The van der Waals surface area contributed by atoms with E-state index in [2.05, 4.69) is 10.4 Å². The van der Waals surface area contributed by atoms with Gasteiger partial charge in [-0.1, -0.05) is 29.8 Å². The Hall–Kier alpha value is -3.58. The Balaban J connectivity index is 1.64. The molecule has 0 unspecified atom stereocenters. The van der Waals surface area contributed by atoms with Crippen LogP contribution in [0.3, 0.4) is 0 Å². The number of hydrogen-bond acceptors (Lipinski definition) is 4. The summed E-state index contributed by atoms with van der Waals surface area (Å²) < 4.78 is 105. The Morgan fingerprint density at radius 1 is 0.946 bits per heavy atom. The van der Waals surface area contributed by atoms with Gasteiger partial charge in [-0.2, -0.15) is 35.5 Å². The molecule has 0 saturated heterocycles. The third-order valence-electron chi connectivity index (χ3n) is 5.24. The van der Waals surface area contributed by atoms with Gasteiger partial charge in [0, 0.05) is 11.1 Å². The van der Waals surface area contributed by atoms with E-state index in [9.17, 15) is 39.6 Å². The monoisotopic (exact) mass is 561 g/mol. The van der Waals surface area contributed by atoms with Crippen LogP contribution in [-0.2, 0) is 28.1 Å². The molecule has 0 radical (unpaired) electrons. The van der Waals surface area contributed by atoms with Crippen molar-refractivity contribution >= 4 is 44.1 Å². The number of anilines is 1. The number of rotatable bonds is 5. The van der Waals surface area contributed by atoms with Crippen LogP contribution < -0.4 is 5.32 Å². The minimum absolute atomic E-state index is 0.0140. The first kappa shape index (κ1) is 26.5. The molecule has 4 rings (SSSR count). The molecule has 0 bridgehead atoms. The molecule has 0 fully saturated rings. The summed E-state index contributed by atoms with van der Waals surface area (Å²) in [4.78, 5) is 12.7. The summed E-state index contributed by atoms with van der Waals surface area (Å²) in [5.74, 6) is -1.86. The smallest absolute Gasteiger partial charge is 0.322 e. The van der Waals surface area contributed by atoms with Gasteiger partial charge < -0.3 is 5.32 Å². The molecule has 3 aromatic carbocycles. The van der Waals surface area contributed by atoms with E-state index < -0.39 is 55.7 Å². The number of nitrogens with one attached hydrogen (secondary N) is 1. The Labute approximate surface area is 210 Å². The van der Waals surface area contributed by atoms with Crippen LogP contribution in [0.5, 0.6) is 0 Å². The molecule has 0 spiro atoms. The molecule has 1 N–H and O–H groups in total. The quantitative estimate of drug-likeness (QED) is 0.288. The minimum Gasteiger partial charge on any atom is -0.322 e. The lowest BCUT2D eigenvalue weighted by Crippen LogP contribution is -2.19. The first-order valence-corrected chi connectivity index (χ1v) is 12.2. The summed E-state index contributed by atoms with van der Waals surface area (Å²) >= 11 is 5.85. The lowest BCUT2D eigenvalue weighted by atomic mass is 10.1. The number of benzene rings is 3. The molecule has 194 valence electrons. The molecular formula is C23H14ClF6N3O3S. The Kier molecular flexibility index (Phi) is 6.71. The van der Waals surface area contributed by atoms with Gasteiger partial charge in [0.05, 0.1) is 39.2 Å². The summed E-state index contributed by atoms with van der Waals surface area (Å²) in [6.07, 6.45) is -8.23. The maximum absolute atomic E-state index is 13.4. The van der Waals surface area contributed by atoms with Gasteiger partial charge in [0.15, 0.2) is 0 Å². The van der Waals surface area contributed by atoms with Gasteiger partial charge in [0.1, 0.15) is 0 Å². The number of fused-ring (bicyclic) bond motifs is 1. The normalized spacial score (nSPS) is 12.6. The second-order valence-electron chi connectivity index (χ2n) is 7.83. The molecule has 37 heavy (non-hydrogen) atoms. The van der Waals surface area contributed by atoms with Gasteiger partial charge >= 0.3 is 12.4 Å². The topological polar surface area (TPSA) is 81.1 Å². The summed E-state index contributed by atoms with van der Waals surface area (Å²) in [6, 6.07) is 10.3. The van der Waals surface area contributed by atoms with Gasteiger partial charge in [0.2, 0.25) is 0 Å². The third-order valence-corrected chi connectivity index (χ3v) is 7.07. The van der Waals surface area contributed by atoms with Crippen LogP contribution >= 0.6 is 11.6 Å². The zero-order valence-corrected chi connectivity index (χ0v) is 19.8. The molecule has 1 heterocycles. The molecule has 14 heteroatoms. The average molecular weight is 562 g/mol. The molecule has 0 aliphatic heterocycles. The molecule has 0 aliphatic carbocycles. The number of carbonyl (C=O) groups excluding carboxylic acids is 1. The maximum atomic E-state index is 13.4. The van der Waals surface area contributed by atoms with Crippen molar-refractivity contribution in [2.24, 2.45) is 0 Å². The van der Waals surface area contributed by atoms with E-state index in [-0.39, 0.29) is 16.8 Å². The molecule has 4 aromatic rings. The van der Waals surface area contributed by atoms with Crippen LogP contribution in [-0.4, -0.2) is 23.5 Å². The molecule has 6 nitrogen and oxygen atoms in total. The Bertz CT molecular complexity index is 1600. The van der Waals surface area contributed by atoms with Crippen LogP contribution in [0.25, 0.3) is 10.9 Å². The molecule has 0 saturated carbocycles. The highest BCUT2D eigenvalue weighted by atomic mass is 35.5. The first-order chi connectivity index (χ1) is 17.2. The van der Waals surface area contributed by atoms with Crippen LogP contribution in [0.15, 0.2) is 66.9 Å². The van der Waals surface area contributed by atoms with Crippen LogP contribution in [0, 0.1) is 0 Å². The van der Waals surface area contributed by atoms with Crippen molar-refractivity contribution < 1.29 is 39.6 Å². The molecule has 1 aromatic heterocycles. The van der Waals surface area contributed by atoms with Crippen molar-refractivity contribution in [1.29, 1.82) is 0 Å². The van der Waals surface area contributed by atoms with Crippen molar-refractivity contribution in [3.63, 3.8) is 0 Å². The summed E-state index contributed by atoms with van der Waals surface area (Å²) in [5, 5.41) is 5.99. The van der Waals surface area contributed by atoms with Crippen molar-refractivity contribution in [3.8, 4) is 0 Å². The predicted molar refractivity (Wildman–Crippen MR) is 124 cm³/mol. The fourth-order valence-electron chi connectivity index (χ4n) is 3.54. The lowest BCUT2D eigenvalue weighted by molar-refractivity contribution is -0.138. The maximum Gasteiger partial charge on any atom is 0.417 e. The fraction of sp³-hybridized carbons (Fsp3) is 0.130. The summed E-state index contributed by atoms with van der Waals surface area (Å²) in [7, 11) is -4.23. The van der Waals surface area contributed by atoms with Gasteiger partial charge in [-0.05, 0) is 48.0 Å². The second-order valence-corrected chi connectivity index (χ2v) is 10.0. The molecule has 1 amide bonds. The van der Waals surface area contributed by atoms with Crippen molar-refractivity contribution in [2.75, 3.05) is 5.32 Å². The summed E-state index contributed by atoms with van der Waals surface area (Å²) in [6.45, 7) is 0. The van der Waals surface area contributed by atoms with Crippen molar-refractivity contribution in [3.05, 3.63) is 94.1 Å². The Morgan fingerprint density at radius 3 is 2.24 bits per heavy atom. The van der Waals surface area contributed by atoms with Gasteiger partial charge in [0.25, 0.3) is 15.9 Å². The highest BCUT2D eigenvalue weighted by Gasteiger charge is 2.36. The van der Waals surface area contributed by atoms with E-state index in [1.807, 2.05) is 0 Å². The van der Waals surface area contributed by atoms with Gasteiger partial charge in [-0.3, -0.25) is 4.79 Å². The van der Waals surface area contributed by atoms with Gasteiger partial charge in [-0.25, -0.2) is 8.42 Å². The first-order valence-electron chi connectivity index (χ1n) is 10.2. The minimum atomic E-state index is -4.85. The van der Waals surface area contributed by atoms with Crippen LogP contribution in [0.1, 0.15) is 27.0 Å². The van der Waals surface area contributed by atoms with E-state index in [1.165, 1.54) is 24.4 Å². The van der Waals surface area contributed by atoms with Crippen LogP contribution in [0.2, 0.25) is 5.02 Å². The number of hydrogen-bond donors (Lipinski definition) is 1. The lowest BCUT2D eigenvalue weighted by Gasteiger charge is -2.14. The summed E-state index contributed by atoms with van der Waals surface area (Å²) in [5.41, 5.74) is -2.98. The molecular weight excluding hydrogens is 548 g/mol. The molecule has 0 aliphatic rings. The van der Waals surface area contributed by atoms with E-state index >= 15 is 0 Å². The Morgan fingerprint density at radius 2 is 1.62 bits per heavy atom. The number of aromatic nitrogens is 2. The second kappa shape index (κ2) is 9.38. The van der Waals surface area contributed by atoms with E-state index in [1.54, 1.807) is 0 Å². The van der Waals surface area contributed by atoms with Crippen LogP contribution in [0.4, 0.5) is 32.0 Å². The number of amides is 1. The number of halogens is 7. The average Bonchev–Trinajstić information content (AvgIpc) is 3.22.